The van der Waals surface area contributed by atoms with E-state index in [0.29, 0.717) is 23.3 Å². The molecule has 6 nitrogen and oxygen atoms in total. The minimum Gasteiger partial charge on any atom is -0.484 e. The highest BCUT2D eigenvalue weighted by Gasteiger charge is 2.53. The van der Waals surface area contributed by atoms with Crippen LogP contribution < -0.4 is 10.5 Å². The van der Waals surface area contributed by atoms with E-state index in [2.05, 4.69) is 11.1 Å². The predicted molar refractivity (Wildman–Crippen MR) is 115 cm³/mol. The fraction of sp³-hybridized carbons (Fsp3) is 0.174. The Kier molecular flexibility index (Phi) is 4.12. The standard InChI is InChI=1S/C23H18N4O2S/c1-27-21(28)23(26-22(27)25)12-19(20-6-3-9-30-20)29-18-8-7-16(11-17(18)23)15-5-2-4-14(10-15)13-24/h2-11,19H,12H2,1H3,(H2,25,26)/t19-,23?/m0/s1. The molecule has 30 heavy (non-hydrogen) atoms. The first-order valence-corrected chi connectivity index (χ1v) is 10.4. The third kappa shape index (κ3) is 2.69. The molecule has 3 heterocycles. The third-order valence-electron chi connectivity index (χ3n) is 5.67. The molecule has 2 N–H and O–H groups in total. The van der Waals surface area contributed by atoms with Crippen LogP contribution in [-0.2, 0) is 10.3 Å². The molecule has 0 fully saturated rings. The quantitative estimate of drug-likeness (QED) is 0.691. The maximum absolute atomic E-state index is 13.4. The van der Waals surface area contributed by atoms with Gasteiger partial charge in [-0.15, -0.1) is 11.3 Å². The van der Waals surface area contributed by atoms with Crippen LogP contribution in [0.2, 0.25) is 0 Å². The Hall–Kier alpha value is -3.63. The molecule has 7 heteroatoms. The normalized spacial score (nSPS) is 22.4. The molecule has 2 aliphatic rings. The van der Waals surface area contributed by atoms with E-state index in [0.717, 1.165) is 16.0 Å². The number of guanidine groups is 1. The zero-order chi connectivity index (χ0) is 20.9. The molecule has 2 atom stereocenters. The number of nitrogens with zero attached hydrogens (tertiary/aromatic N) is 3. The van der Waals surface area contributed by atoms with Crippen molar-refractivity contribution in [1.29, 1.82) is 5.26 Å². The van der Waals surface area contributed by atoms with Gasteiger partial charge in [0.2, 0.25) is 0 Å². The van der Waals surface area contributed by atoms with Crippen LogP contribution in [-0.4, -0.2) is 23.8 Å². The van der Waals surface area contributed by atoms with E-state index in [9.17, 15) is 10.1 Å². The minimum atomic E-state index is -1.12. The lowest BCUT2D eigenvalue weighted by molar-refractivity contribution is -0.132. The summed E-state index contributed by atoms with van der Waals surface area (Å²) in [5.41, 5.74) is 8.00. The molecule has 3 aromatic rings. The molecule has 5 rings (SSSR count). The highest BCUT2D eigenvalue weighted by Crippen LogP contribution is 2.51. The second kappa shape index (κ2) is 6.71. The molecule has 148 valence electrons. The summed E-state index contributed by atoms with van der Waals surface area (Å²) in [4.78, 5) is 20.5. The van der Waals surface area contributed by atoms with Crippen LogP contribution in [0.3, 0.4) is 0 Å². The Morgan fingerprint density at radius 3 is 2.77 bits per heavy atom. The van der Waals surface area contributed by atoms with Gasteiger partial charge in [-0.2, -0.15) is 5.26 Å². The van der Waals surface area contributed by atoms with Crippen molar-refractivity contribution in [2.24, 2.45) is 10.7 Å². The number of likely N-dealkylation sites (N-methyl/N-ethyl adjacent to an activating group) is 1. The molecule has 0 saturated carbocycles. The lowest BCUT2D eigenvalue weighted by Gasteiger charge is -2.36. The number of carbonyl (C=O) groups is 1. The molecule has 2 aromatic carbocycles. The van der Waals surface area contributed by atoms with Crippen molar-refractivity contribution < 1.29 is 9.53 Å². The van der Waals surface area contributed by atoms with Crippen molar-refractivity contribution in [1.82, 2.24) is 4.90 Å². The summed E-state index contributed by atoms with van der Waals surface area (Å²) >= 11 is 1.59. The Morgan fingerprint density at radius 1 is 1.23 bits per heavy atom. The summed E-state index contributed by atoms with van der Waals surface area (Å²) in [6, 6.07) is 19.3. The molecular formula is C23H18N4O2S. The lowest BCUT2D eigenvalue weighted by Crippen LogP contribution is -2.43. The molecule has 1 amide bonds. The molecule has 0 radical (unpaired) electrons. The first-order chi connectivity index (χ1) is 14.5. The molecular weight excluding hydrogens is 396 g/mol. The van der Waals surface area contributed by atoms with Crippen LogP contribution in [0.15, 0.2) is 65.0 Å². The minimum absolute atomic E-state index is 0.158. The Bertz CT molecular complexity index is 1230. The predicted octanol–water partition coefficient (Wildman–Crippen LogP) is 3.79. The van der Waals surface area contributed by atoms with Crippen molar-refractivity contribution in [3.05, 3.63) is 76.0 Å². The molecule has 0 aliphatic carbocycles. The van der Waals surface area contributed by atoms with E-state index in [4.69, 9.17) is 10.5 Å². The third-order valence-corrected chi connectivity index (χ3v) is 6.63. The van der Waals surface area contributed by atoms with Crippen LogP contribution in [0.1, 0.15) is 28.5 Å². The smallest absolute Gasteiger partial charge is 0.261 e. The van der Waals surface area contributed by atoms with Gasteiger partial charge in [-0.3, -0.25) is 9.69 Å². The molecule has 1 aromatic heterocycles. The second-order valence-electron chi connectivity index (χ2n) is 7.42. The van der Waals surface area contributed by atoms with Gasteiger partial charge in [-0.1, -0.05) is 24.3 Å². The van der Waals surface area contributed by atoms with Crippen molar-refractivity contribution >= 4 is 23.2 Å². The number of nitrogens with two attached hydrogens (primary N) is 1. The summed E-state index contributed by atoms with van der Waals surface area (Å²) < 4.78 is 6.29. The average Bonchev–Trinajstić information content (AvgIpc) is 3.38. The van der Waals surface area contributed by atoms with Crippen LogP contribution in [0.4, 0.5) is 0 Å². The SMILES string of the molecule is CN1C(=O)C2(C[C@@H](c3cccs3)Oc3ccc(-c4cccc(C#N)c4)cc32)N=C1N. The number of ether oxygens (including phenoxy) is 1. The second-order valence-corrected chi connectivity index (χ2v) is 8.40. The van der Waals surface area contributed by atoms with Gasteiger partial charge in [-0.05, 0) is 46.8 Å². The van der Waals surface area contributed by atoms with Gasteiger partial charge < -0.3 is 10.5 Å². The summed E-state index contributed by atoms with van der Waals surface area (Å²) in [5.74, 6) is 0.670. The number of hydrogen-bond donors (Lipinski definition) is 1. The van der Waals surface area contributed by atoms with Gasteiger partial charge in [0, 0.05) is 23.9 Å². The number of hydrogen-bond acceptors (Lipinski definition) is 6. The maximum atomic E-state index is 13.4. The van der Waals surface area contributed by atoms with Crippen molar-refractivity contribution in [2.45, 2.75) is 18.1 Å². The van der Waals surface area contributed by atoms with Crippen molar-refractivity contribution in [2.75, 3.05) is 7.05 Å². The maximum Gasteiger partial charge on any atom is 0.261 e. The number of benzene rings is 2. The van der Waals surface area contributed by atoms with Gasteiger partial charge in [-0.25, -0.2) is 4.99 Å². The highest BCUT2D eigenvalue weighted by atomic mass is 32.1. The molecule has 1 unspecified atom stereocenters. The van der Waals surface area contributed by atoms with E-state index in [1.54, 1.807) is 24.5 Å². The lowest BCUT2D eigenvalue weighted by atomic mass is 9.80. The zero-order valence-corrected chi connectivity index (χ0v) is 17.0. The molecule has 2 aliphatic heterocycles. The number of thiophene rings is 1. The molecule has 0 saturated heterocycles. The van der Waals surface area contributed by atoms with Crippen molar-refractivity contribution in [3.63, 3.8) is 0 Å². The average molecular weight is 414 g/mol. The van der Waals surface area contributed by atoms with E-state index < -0.39 is 5.54 Å². The first kappa shape index (κ1) is 18.4. The van der Waals surface area contributed by atoms with Gasteiger partial charge in [0.05, 0.1) is 11.6 Å². The van der Waals surface area contributed by atoms with Gasteiger partial charge >= 0.3 is 0 Å². The zero-order valence-electron chi connectivity index (χ0n) is 16.2. The van der Waals surface area contributed by atoms with Crippen LogP contribution >= 0.6 is 11.3 Å². The fourth-order valence-electron chi connectivity index (χ4n) is 4.12. The number of fused-ring (bicyclic) bond motifs is 2. The Labute approximate surface area is 177 Å². The Morgan fingerprint density at radius 2 is 2.07 bits per heavy atom. The van der Waals surface area contributed by atoms with Crippen molar-refractivity contribution in [3.8, 4) is 22.9 Å². The molecule has 1 spiro atoms. The van der Waals surface area contributed by atoms with Gasteiger partial charge in [0.25, 0.3) is 5.91 Å². The topological polar surface area (TPSA) is 91.7 Å². The summed E-state index contributed by atoms with van der Waals surface area (Å²) in [5, 5.41) is 11.2. The monoisotopic (exact) mass is 414 g/mol. The number of rotatable bonds is 2. The van der Waals surface area contributed by atoms with Crippen LogP contribution in [0.25, 0.3) is 11.1 Å². The highest BCUT2D eigenvalue weighted by molar-refractivity contribution is 7.10. The number of carbonyl (C=O) groups excluding carboxylic acids is 1. The summed E-state index contributed by atoms with van der Waals surface area (Å²) in [7, 11) is 1.64. The van der Waals surface area contributed by atoms with Gasteiger partial charge in [0.1, 0.15) is 11.9 Å². The summed E-state index contributed by atoms with van der Waals surface area (Å²) in [6.07, 6.45) is 0.101. The van der Waals surface area contributed by atoms with Crippen LogP contribution in [0, 0.1) is 11.3 Å². The molecule has 0 bridgehead atoms. The van der Waals surface area contributed by atoms with E-state index in [-0.39, 0.29) is 18.0 Å². The largest absolute Gasteiger partial charge is 0.484 e. The number of nitriles is 1. The van der Waals surface area contributed by atoms with E-state index in [1.165, 1.54) is 4.90 Å². The van der Waals surface area contributed by atoms with Gasteiger partial charge in [0.15, 0.2) is 11.5 Å². The first-order valence-electron chi connectivity index (χ1n) is 9.50. The fourth-order valence-corrected chi connectivity index (χ4v) is 4.87. The van der Waals surface area contributed by atoms with E-state index >= 15 is 0 Å². The summed E-state index contributed by atoms with van der Waals surface area (Å²) in [6.45, 7) is 0. The van der Waals surface area contributed by atoms with E-state index in [1.807, 2.05) is 53.9 Å². The Balaban J connectivity index is 1.68. The van der Waals surface area contributed by atoms with Crippen LogP contribution in [0.5, 0.6) is 5.75 Å². The number of aliphatic imine (C=N–C) groups is 1. The number of amides is 1.